The number of aryl methyl sites for hydroxylation is 3. The van der Waals surface area contributed by atoms with Crippen LogP contribution in [0.25, 0.3) is 20.8 Å². The molecule has 0 amide bonds. The van der Waals surface area contributed by atoms with Crippen molar-refractivity contribution in [3.63, 3.8) is 0 Å². The maximum atomic E-state index is 12.9. The van der Waals surface area contributed by atoms with Gasteiger partial charge in [-0.15, -0.1) is 11.3 Å². The Bertz CT molecular complexity index is 1340. The number of thiazole rings is 1. The van der Waals surface area contributed by atoms with Crippen molar-refractivity contribution < 1.29 is 8.42 Å². The van der Waals surface area contributed by atoms with Gasteiger partial charge in [-0.1, -0.05) is 12.1 Å². The van der Waals surface area contributed by atoms with Crippen molar-refractivity contribution in [3.8, 4) is 10.6 Å². The van der Waals surface area contributed by atoms with Gasteiger partial charge in [0.25, 0.3) is 10.0 Å². The molecule has 0 bridgehead atoms. The van der Waals surface area contributed by atoms with Crippen LogP contribution >= 0.6 is 11.3 Å². The highest BCUT2D eigenvalue weighted by Gasteiger charge is 2.18. The summed E-state index contributed by atoms with van der Waals surface area (Å²) in [7, 11) is -3.61. The molecule has 1 N–H and O–H groups in total. The fourth-order valence-electron chi connectivity index (χ4n) is 3.93. The summed E-state index contributed by atoms with van der Waals surface area (Å²) >= 11 is 1.64. The molecule has 0 atom stereocenters. The quantitative estimate of drug-likeness (QED) is 0.432. The van der Waals surface area contributed by atoms with Crippen LogP contribution in [0.2, 0.25) is 0 Å². The molecular formula is C24H22N2O2S2. The van der Waals surface area contributed by atoms with Crippen molar-refractivity contribution in [2.75, 3.05) is 4.72 Å². The zero-order valence-corrected chi connectivity index (χ0v) is 18.3. The molecule has 0 radical (unpaired) electrons. The van der Waals surface area contributed by atoms with Gasteiger partial charge in [0, 0.05) is 11.3 Å². The largest absolute Gasteiger partial charge is 0.280 e. The molecule has 0 saturated carbocycles. The minimum Gasteiger partial charge on any atom is -0.280 e. The number of fused-ring (bicyclic) bond motifs is 2. The molecular weight excluding hydrogens is 412 g/mol. The average molecular weight is 435 g/mol. The van der Waals surface area contributed by atoms with Gasteiger partial charge in [-0.05, 0) is 97.8 Å². The number of hydrogen-bond donors (Lipinski definition) is 1. The number of hydrogen-bond acceptors (Lipinski definition) is 4. The fraction of sp³-hybridized carbons (Fsp3) is 0.208. The number of anilines is 1. The van der Waals surface area contributed by atoms with Gasteiger partial charge in [0.15, 0.2) is 0 Å². The van der Waals surface area contributed by atoms with Crippen molar-refractivity contribution in [3.05, 3.63) is 77.4 Å². The van der Waals surface area contributed by atoms with Crippen LogP contribution in [0.1, 0.15) is 29.5 Å². The maximum Gasteiger partial charge on any atom is 0.261 e. The Morgan fingerprint density at radius 2 is 1.67 bits per heavy atom. The summed E-state index contributed by atoms with van der Waals surface area (Å²) in [6, 6.07) is 19.1. The lowest BCUT2D eigenvalue weighted by molar-refractivity contribution is 0.600. The third-order valence-corrected chi connectivity index (χ3v) is 8.00. The summed E-state index contributed by atoms with van der Waals surface area (Å²) < 4.78 is 29.6. The molecule has 0 unspecified atom stereocenters. The van der Waals surface area contributed by atoms with E-state index in [4.69, 9.17) is 4.98 Å². The molecule has 5 rings (SSSR count). The third kappa shape index (κ3) is 3.73. The van der Waals surface area contributed by atoms with E-state index in [-0.39, 0.29) is 0 Å². The van der Waals surface area contributed by atoms with E-state index in [0.29, 0.717) is 10.6 Å². The van der Waals surface area contributed by atoms with E-state index >= 15 is 0 Å². The summed E-state index contributed by atoms with van der Waals surface area (Å²) in [5.41, 5.74) is 6.16. The predicted octanol–water partition coefficient (Wildman–Crippen LogP) is 5.95. The Morgan fingerprint density at radius 1 is 0.900 bits per heavy atom. The molecule has 4 aromatic rings. The molecule has 3 aromatic carbocycles. The second-order valence-corrected chi connectivity index (χ2v) is 10.5. The number of nitrogens with zero attached hydrogens (tertiary/aromatic N) is 1. The van der Waals surface area contributed by atoms with Gasteiger partial charge in [0.1, 0.15) is 5.01 Å². The van der Waals surface area contributed by atoms with Crippen molar-refractivity contribution in [2.24, 2.45) is 0 Å². The average Bonchev–Trinajstić information content (AvgIpc) is 3.17. The predicted molar refractivity (Wildman–Crippen MR) is 124 cm³/mol. The van der Waals surface area contributed by atoms with Crippen molar-refractivity contribution in [1.29, 1.82) is 0 Å². The molecule has 0 fully saturated rings. The molecule has 30 heavy (non-hydrogen) atoms. The first kappa shape index (κ1) is 19.3. The van der Waals surface area contributed by atoms with Gasteiger partial charge in [-0.25, -0.2) is 13.4 Å². The highest BCUT2D eigenvalue weighted by molar-refractivity contribution is 7.92. The molecule has 0 aliphatic heterocycles. The summed E-state index contributed by atoms with van der Waals surface area (Å²) in [5.74, 6) is 0. The molecule has 1 aromatic heterocycles. The first-order valence-corrected chi connectivity index (χ1v) is 12.4. The molecule has 1 heterocycles. The van der Waals surface area contributed by atoms with Gasteiger partial charge in [-0.2, -0.15) is 0 Å². The Labute approximate surface area is 180 Å². The van der Waals surface area contributed by atoms with E-state index < -0.39 is 10.0 Å². The number of benzene rings is 3. The van der Waals surface area contributed by atoms with Crippen LogP contribution in [-0.2, 0) is 22.9 Å². The third-order valence-electron chi connectivity index (χ3n) is 5.56. The smallest absolute Gasteiger partial charge is 0.261 e. The van der Waals surface area contributed by atoms with Gasteiger partial charge < -0.3 is 0 Å². The van der Waals surface area contributed by atoms with E-state index in [1.54, 1.807) is 29.5 Å². The Balaban J connectivity index is 1.38. The van der Waals surface area contributed by atoms with Crippen LogP contribution in [0.15, 0.2) is 65.6 Å². The van der Waals surface area contributed by atoms with Crippen LogP contribution in [0.5, 0.6) is 0 Å². The molecule has 1 aliphatic rings. The van der Waals surface area contributed by atoms with Crippen molar-refractivity contribution >= 4 is 37.3 Å². The second kappa shape index (κ2) is 7.52. The zero-order chi connectivity index (χ0) is 20.7. The van der Waals surface area contributed by atoms with Crippen molar-refractivity contribution in [1.82, 2.24) is 4.98 Å². The lowest BCUT2D eigenvalue weighted by atomic mass is 9.92. The lowest BCUT2D eigenvalue weighted by Crippen LogP contribution is -2.14. The van der Waals surface area contributed by atoms with Crippen LogP contribution in [0.3, 0.4) is 0 Å². The Morgan fingerprint density at radius 3 is 2.47 bits per heavy atom. The molecule has 152 valence electrons. The van der Waals surface area contributed by atoms with E-state index in [1.807, 2.05) is 30.3 Å². The van der Waals surface area contributed by atoms with E-state index in [1.165, 1.54) is 17.5 Å². The summed E-state index contributed by atoms with van der Waals surface area (Å²) in [6.07, 6.45) is 4.29. The van der Waals surface area contributed by atoms with Crippen LogP contribution in [0, 0.1) is 6.92 Å². The van der Waals surface area contributed by atoms with E-state index in [2.05, 4.69) is 23.8 Å². The van der Waals surface area contributed by atoms with Gasteiger partial charge in [-0.3, -0.25) is 4.72 Å². The number of aromatic nitrogens is 1. The second-order valence-electron chi connectivity index (χ2n) is 7.81. The highest BCUT2D eigenvalue weighted by Crippen LogP contribution is 2.32. The van der Waals surface area contributed by atoms with Gasteiger partial charge in [0.2, 0.25) is 0 Å². The van der Waals surface area contributed by atoms with Crippen LogP contribution < -0.4 is 4.72 Å². The molecule has 6 heteroatoms. The SMILES string of the molecule is Cc1ccc2nc(-c3ccc(NS(=O)(=O)c4ccc5c(c4)CCCC5)cc3)sc2c1. The standard InChI is InChI=1S/C24H22N2O2S2/c1-16-6-13-22-23(14-16)29-24(25-22)18-7-10-20(11-8-18)26-30(27,28)21-12-9-17-4-2-3-5-19(17)15-21/h6-15,26H,2-5H2,1H3. The highest BCUT2D eigenvalue weighted by atomic mass is 32.2. The molecule has 1 aliphatic carbocycles. The summed E-state index contributed by atoms with van der Waals surface area (Å²) in [5, 5.41) is 0.930. The van der Waals surface area contributed by atoms with Crippen LogP contribution in [-0.4, -0.2) is 13.4 Å². The summed E-state index contributed by atoms with van der Waals surface area (Å²) in [6.45, 7) is 2.07. The molecule has 4 nitrogen and oxygen atoms in total. The van der Waals surface area contributed by atoms with E-state index in [9.17, 15) is 8.42 Å². The van der Waals surface area contributed by atoms with Gasteiger partial charge >= 0.3 is 0 Å². The monoisotopic (exact) mass is 434 g/mol. The Kier molecular flexibility index (Phi) is 4.83. The first-order chi connectivity index (χ1) is 14.5. The normalized spacial score (nSPS) is 13.9. The minimum absolute atomic E-state index is 0.328. The zero-order valence-electron chi connectivity index (χ0n) is 16.7. The topological polar surface area (TPSA) is 59.1 Å². The molecule has 0 saturated heterocycles. The molecule has 0 spiro atoms. The fourth-order valence-corrected chi connectivity index (χ4v) is 6.11. The number of sulfonamides is 1. The number of rotatable bonds is 4. The number of nitrogens with one attached hydrogen (secondary N) is 1. The van der Waals surface area contributed by atoms with Gasteiger partial charge in [0.05, 0.1) is 15.1 Å². The summed E-state index contributed by atoms with van der Waals surface area (Å²) in [4.78, 5) is 5.02. The first-order valence-electron chi connectivity index (χ1n) is 10.1. The Hall–Kier alpha value is -2.70. The maximum absolute atomic E-state index is 12.9. The van der Waals surface area contributed by atoms with Crippen molar-refractivity contribution in [2.45, 2.75) is 37.5 Å². The minimum atomic E-state index is -3.61. The van der Waals surface area contributed by atoms with Crippen LogP contribution in [0.4, 0.5) is 5.69 Å². The lowest BCUT2D eigenvalue weighted by Gasteiger charge is -2.17. The van der Waals surface area contributed by atoms with E-state index in [0.717, 1.165) is 45.6 Å².